The summed E-state index contributed by atoms with van der Waals surface area (Å²) >= 11 is 17.7. The van der Waals surface area contributed by atoms with Gasteiger partial charge in [-0.25, -0.2) is 0 Å². The van der Waals surface area contributed by atoms with E-state index in [0.29, 0.717) is 27.0 Å². The van der Waals surface area contributed by atoms with E-state index >= 15 is 0 Å². The van der Waals surface area contributed by atoms with Crippen LogP contribution in [0, 0.1) is 6.92 Å². The maximum absolute atomic E-state index is 12.2. The maximum atomic E-state index is 12.2. The minimum absolute atomic E-state index is 0.286. The van der Waals surface area contributed by atoms with E-state index < -0.39 is 0 Å². The number of benzene rings is 2. The lowest BCUT2D eigenvalue weighted by Crippen LogP contribution is -2.13. The predicted octanol–water partition coefficient (Wildman–Crippen LogP) is 4.79. The highest BCUT2D eigenvalue weighted by Gasteiger charge is 2.13. The molecular weight excluding hydrogens is 319 g/mol. The van der Waals surface area contributed by atoms with Gasteiger partial charge < -0.3 is 11.1 Å². The number of aryl methyl sites for hydroxylation is 1. The molecule has 0 saturated carbocycles. The third kappa shape index (κ3) is 3.18. The van der Waals surface area contributed by atoms with Crippen molar-refractivity contribution in [3.63, 3.8) is 0 Å². The number of nitrogens with two attached hydrogens (primary N) is 1. The van der Waals surface area contributed by atoms with Gasteiger partial charge in [-0.15, -0.1) is 0 Å². The average molecular weight is 330 g/mol. The van der Waals surface area contributed by atoms with Crippen molar-refractivity contribution in [2.75, 3.05) is 11.1 Å². The fourth-order valence-electron chi connectivity index (χ4n) is 1.70. The Hall–Kier alpha value is -1.42. The molecule has 0 fully saturated rings. The Balaban J connectivity index is 2.30. The Morgan fingerprint density at radius 3 is 2.45 bits per heavy atom. The third-order valence-corrected chi connectivity index (χ3v) is 3.64. The predicted molar refractivity (Wildman–Crippen MR) is 85.0 cm³/mol. The fourth-order valence-corrected chi connectivity index (χ4v) is 2.36. The van der Waals surface area contributed by atoms with Gasteiger partial charge in [0.2, 0.25) is 0 Å². The monoisotopic (exact) mass is 328 g/mol. The molecule has 0 spiro atoms. The second-order valence-corrected chi connectivity index (χ2v) is 5.52. The van der Waals surface area contributed by atoms with Gasteiger partial charge >= 0.3 is 0 Å². The number of nitrogen functional groups attached to an aromatic ring is 1. The van der Waals surface area contributed by atoms with E-state index in [2.05, 4.69) is 5.32 Å². The van der Waals surface area contributed by atoms with Crippen LogP contribution >= 0.6 is 34.8 Å². The average Bonchev–Trinajstić information content (AvgIpc) is 2.35. The second-order valence-electron chi connectivity index (χ2n) is 4.27. The lowest BCUT2D eigenvalue weighted by Gasteiger charge is -2.11. The van der Waals surface area contributed by atoms with E-state index in [0.717, 1.165) is 5.56 Å². The van der Waals surface area contributed by atoms with E-state index in [1.54, 1.807) is 24.3 Å². The Morgan fingerprint density at radius 1 is 1.10 bits per heavy atom. The molecular formula is C14H11Cl3N2O. The van der Waals surface area contributed by atoms with Gasteiger partial charge in [0.1, 0.15) is 0 Å². The van der Waals surface area contributed by atoms with Crippen molar-refractivity contribution < 1.29 is 4.79 Å². The minimum Gasteiger partial charge on any atom is -0.398 e. The zero-order valence-corrected chi connectivity index (χ0v) is 12.8. The first-order chi connectivity index (χ1) is 9.38. The van der Waals surface area contributed by atoms with E-state index in [9.17, 15) is 4.79 Å². The summed E-state index contributed by atoms with van der Waals surface area (Å²) in [4.78, 5) is 12.2. The zero-order chi connectivity index (χ0) is 14.9. The first kappa shape index (κ1) is 15.0. The number of hydrogen-bond acceptors (Lipinski definition) is 2. The van der Waals surface area contributed by atoms with Crippen LogP contribution < -0.4 is 11.1 Å². The van der Waals surface area contributed by atoms with Crippen molar-refractivity contribution in [2.45, 2.75) is 6.92 Å². The summed E-state index contributed by atoms with van der Waals surface area (Å²) in [6.45, 7) is 1.83. The molecule has 104 valence electrons. The summed E-state index contributed by atoms with van der Waals surface area (Å²) in [7, 11) is 0. The minimum atomic E-state index is -0.337. The third-order valence-electron chi connectivity index (χ3n) is 2.77. The van der Waals surface area contributed by atoms with Crippen molar-refractivity contribution >= 4 is 52.1 Å². The van der Waals surface area contributed by atoms with Crippen LogP contribution in [0.1, 0.15) is 15.9 Å². The molecule has 2 aromatic rings. The topological polar surface area (TPSA) is 55.1 Å². The number of amides is 1. The van der Waals surface area contributed by atoms with Crippen LogP contribution in [0.3, 0.4) is 0 Å². The normalized spacial score (nSPS) is 10.4. The summed E-state index contributed by atoms with van der Waals surface area (Å²) in [5.74, 6) is -0.337. The van der Waals surface area contributed by atoms with E-state index in [1.165, 1.54) is 6.07 Å². The number of rotatable bonds is 2. The summed E-state index contributed by atoms with van der Waals surface area (Å²) in [6.07, 6.45) is 0. The Kier molecular flexibility index (Phi) is 4.43. The van der Waals surface area contributed by atoms with E-state index in [1.807, 2.05) is 6.92 Å². The van der Waals surface area contributed by atoms with Gasteiger partial charge in [-0.3, -0.25) is 4.79 Å². The molecule has 0 bridgehead atoms. The van der Waals surface area contributed by atoms with Crippen LogP contribution in [-0.4, -0.2) is 5.91 Å². The van der Waals surface area contributed by atoms with Crippen LogP contribution in [0.4, 0.5) is 11.4 Å². The molecule has 2 rings (SSSR count). The van der Waals surface area contributed by atoms with Gasteiger partial charge in [0.05, 0.1) is 21.3 Å². The SMILES string of the molecule is Cc1cc(N)c(Cl)cc1NC(=O)c1ccc(Cl)cc1Cl. The highest BCUT2D eigenvalue weighted by molar-refractivity contribution is 6.37. The van der Waals surface area contributed by atoms with Crippen LogP contribution in [0.25, 0.3) is 0 Å². The van der Waals surface area contributed by atoms with Gasteiger partial charge in [0, 0.05) is 10.7 Å². The zero-order valence-electron chi connectivity index (χ0n) is 10.5. The van der Waals surface area contributed by atoms with Gasteiger partial charge in [-0.1, -0.05) is 34.8 Å². The van der Waals surface area contributed by atoms with Crippen LogP contribution in [0.2, 0.25) is 15.1 Å². The Bertz CT molecular complexity index is 686. The highest BCUT2D eigenvalue weighted by atomic mass is 35.5. The summed E-state index contributed by atoms with van der Waals surface area (Å²) in [5.41, 5.74) is 7.89. The molecule has 0 aliphatic heterocycles. The molecule has 3 N–H and O–H groups in total. The standard InChI is InChI=1S/C14H11Cl3N2O/c1-7-4-12(18)11(17)6-13(7)19-14(20)9-3-2-8(15)5-10(9)16/h2-6H,18H2,1H3,(H,19,20). The van der Waals surface area contributed by atoms with Crippen molar-refractivity contribution in [1.29, 1.82) is 0 Å². The summed E-state index contributed by atoms with van der Waals surface area (Å²) in [5, 5.41) is 3.89. The molecule has 0 aliphatic rings. The van der Waals surface area contributed by atoms with Crippen LogP contribution in [0.15, 0.2) is 30.3 Å². The van der Waals surface area contributed by atoms with Crippen molar-refractivity contribution in [3.8, 4) is 0 Å². The molecule has 20 heavy (non-hydrogen) atoms. The number of nitrogens with one attached hydrogen (secondary N) is 1. The van der Waals surface area contributed by atoms with Gasteiger partial charge in [0.25, 0.3) is 5.91 Å². The van der Waals surface area contributed by atoms with Gasteiger partial charge in [-0.05, 0) is 42.8 Å². The van der Waals surface area contributed by atoms with Crippen LogP contribution in [-0.2, 0) is 0 Å². The largest absolute Gasteiger partial charge is 0.398 e. The fraction of sp³-hybridized carbons (Fsp3) is 0.0714. The molecule has 0 aromatic heterocycles. The van der Waals surface area contributed by atoms with Gasteiger partial charge in [0.15, 0.2) is 0 Å². The summed E-state index contributed by atoms with van der Waals surface area (Å²) < 4.78 is 0. The smallest absolute Gasteiger partial charge is 0.257 e. The van der Waals surface area contributed by atoms with Crippen molar-refractivity contribution in [1.82, 2.24) is 0 Å². The first-order valence-electron chi connectivity index (χ1n) is 5.70. The maximum Gasteiger partial charge on any atom is 0.257 e. The molecule has 3 nitrogen and oxygen atoms in total. The first-order valence-corrected chi connectivity index (χ1v) is 6.84. The molecule has 0 aliphatic carbocycles. The molecule has 0 saturated heterocycles. The molecule has 1 amide bonds. The van der Waals surface area contributed by atoms with E-state index in [-0.39, 0.29) is 10.9 Å². The Morgan fingerprint density at radius 2 is 1.80 bits per heavy atom. The lowest BCUT2D eigenvalue weighted by atomic mass is 10.1. The van der Waals surface area contributed by atoms with Gasteiger partial charge in [-0.2, -0.15) is 0 Å². The number of hydrogen-bond donors (Lipinski definition) is 2. The van der Waals surface area contributed by atoms with Crippen molar-refractivity contribution in [2.24, 2.45) is 0 Å². The number of carbonyl (C=O) groups is 1. The lowest BCUT2D eigenvalue weighted by molar-refractivity contribution is 0.102. The second kappa shape index (κ2) is 5.92. The number of halogens is 3. The molecule has 6 heteroatoms. The highest BCUT2D eigenvalue weighted by Crippen LogP contribution is 2.28. The quantitative estimate of drug-likeness (QED) is 0.778. The molecule has 0 unspecified atom stereocenters. The van der Waals surface area contributed by atoms with Crippen molar-refractivity contribution in [3.05, 3.63) is 56.5 Å². The molecule has 0 heterocycles. The number of anilines is 2. The Labute approximate surface area is 131 Å². The summed E-state index contributed by atoms with van der Waals surface area (Å²) in [6, 6.07) is 7.98. The number of carbonyl (C=O) groups excluding carboxylic acids is 1. The van der Waals surface area contributed by atoms with E-state index in [4.69, 9.17) is 40.5 Å². The molecule has 0 radical (unpaired) electrons. The molecule has 2 aromatic carbocycles. The molecule has 0 atom stereocenters. The van der Waals surface area contributed by atoms with Crippen LogP contribution in [0.5, 0.6) is 0 Å².